The molecule has 2 rings (SSSR count). The van der Waals surface area contributed by atoms with Crippen LogP contribution in [0, 0.1) is 0 Å². The summed E-state index contributed by atoms with van der Waals surface area (Å²) in [4.78, 5) is 0.290. The highest BCUT2D eigenvalue weighted by molar-refractivity contribution is 7.89. The summed E-state index contributed by atoms with van der Waals surface area (Å²) in [7, 11) is -3.47. The van der Waals surface area contributed by atoms with E-state index in [1.807, 2.05) is 23.8 Å². The van der Waals surface area contributed by atoms with Crippen molar-refractivity contribution in [2.45, 2.75) is 30.7 Å². The molecule has 0 aliphatic carbocycles. The molecular formula is C15H18ClNO2S2. The molecule has 6 heteroatoms. The van der Waals surface area contributed by atoms with Crippen LogP contribution in [0.5, 0.6) is 0 Å². The second-order valence-corrected chi connectivity index (χ2v) is 7.81. The topological polar surface area (TPSA) is 46.2 Å². The first-order valence-electron chi connectivity index (χ1n) is 6.69. The summed E-state index contributed by atoms with van der Waals surface area (Å²) in [6.45, 7) is 1.87. The van der Waals surface area contributed by atoms with Crippen LogP contribution in [0.25, 0.3) is 0 Å². The lowest BCUT2D eigenvalue weighted by Crippen LogP contribution is -2.34. The van der Waals surface area contributed by atoms with Gasteiger partial charge in [-0.1, -0.05) is 12.1 Å². The number of hydrogen-bond acceptors (Lipinski definition) is 3. The molecule has 0 spiro atoms. The zero-order valence-electron chi connectivity index (χ0n) is 11.8. The van der Waals surface area contributed by atoms with Gasteiger partial charge in [0, 0.05) is 11.9 Å². The Hall–Kier alpha value is -0.880. The third-order valence-corrected chi connectivity index (χ3v) is 5.62. The van der Waals surface area contributed by atoms with Gasteiger partial charge in [-0.15, -0.1) is 11.6 Å². The average Bonchev–Trinajstić information content (AvgIpc) is 2.92. The fourth-order valence-corrected chi connectivity index (χ4v) is 4.22. The highest BCUT2D eigenvalue weighted by Crippen LogP contribution is 2.14. The van der Waals surface area contributed by atoms with Crippen molar-refractivity contribution in [2.75, 3.05) is 5.88 Å². The highest BCUT2D eigenvalue weighted by atomic mass is 35.5. The molecule has 0 saturated carbocycles. The van der Waals surface area contributed by atoms with Gasteiger partial charge >= 0.3 is 0 Å². The molecule has 21 heavy (non-hydrogen) atoms. The van der Waals surface area contributed by atoms with Crippen molar-refractivity contribution in [3.8, 4) is 0 Å². The molecule has 1 N–H and O–H groups in total. The number of benzene rings is 1. The van der Waals surface area contributed by atoms with Gasteiger partial charge in [0.05, 0.1) is 4.90 Å². The van der Waals surface area contributed by atoms with E-state index >= 15 is 0 Å². The maximum absolute atomic E-state index is 12.3. The molecule has 0 bridgehead atoms. The molecule has 0 aliphatic rings. The Labute approximate surface area is 135 Å². The van der Waals surface area contributed by atoms with E-state index in [-0.39, 0.29) is 10.9 Å². The van der Waals surface area contributed by atoms with Crippen molar-refractivity contribution in [1.29, 1.82) is 0 Å². The van der Waals surface area contributed by atoms with Crippen LogP contribution in [-0.4, -0.2) is 20.3 Å². The molecule has 0 radical (unpaired) electrons. The van der Waals surface area contributed by atoms with Crippen LogP contribution in [0.3, 0.4) is 0 Å². The average molecular weight is 344 g/mol. The molecule has 1 heterocycles. The quantitative estimate of drug-likeness (QED) is 0.783. The summed E-state index contributed by atoms with van der Waals surface area (Å²) in [6, 6.07) is 8.73. The van der Waals surface area contributed by atoms with Gasteiger partial charge in [0.2, 0.25) is 10.0 Å². The molecule has 1 unspecified atom stereocenters. The van der Waals surface area contributed by atoms with E-state index in [0.717, 1.165) is 17.5 Å². The Morgan fingerprint density at radius 1 is 1.19 bits per heavy atom. The Kier molecular flexibility index (Phi) is 5.81. The first kappa shape index (κ1) is 16.5. The monoisotopic (exact) mass is 343 g/mol. The molecule has 1 aromatic heterocycles. The van der Waals surface area contributed by atoms with Crippen LogP contribution >= 0.6 is 22.9 Å². The maximum Gasteiger partial charge on any atom is 0.240 e. The summed E-state index contributed by atoms with van der Waals surface area (Å²) < 4.78 is 27.3. The van der Waals surface area contributed by atoms with E-state index in [1.165, 1.54) is 0 Å². The molecule has 114 valence electrons. The van der Waals surface area contributed by atoms with Gasteiger partial charge in [-0.25, -0.2) is 13.1 Å². The zero-order chi connectivity index (χ0) is 15.3. The van der Waals surface area contributed by atoms with Crippen molar-refractivity contribution in [3.63, 3.8) is 0 Å². The molecule has 1 atom stereocenters. The summed E-state index contributed by atoms with van der Waals surface area (Å²) in [6.07, 6.45) is 1.43. The van der Waals surface area contributed by atoms with Gasteiger partial charge < -0.3 is 0 Å². The smallest absolute Gasteiger partial charge is 0.208 e. The Balaban J connectivity index is 2.03. The number of alkyl halides is 1. The predicted molar refractivity (Wildman–Crippen MR) is 88.7 cm³/mol. The molecule has 0 saturated heterocycles. The van der Waals surface area contributed by atoms with Crippen molar-refractivity contribution >= 4 is 33.0 Å². The van der Waals surface area contributed by atoms with E-state index < -0.39 is 10.0 Å². The molecule has 0 amide bonds. The van der Waals surface area contributed by atoms with Crippen LogP contribution < -0.4 is 4.72 Å². The Morgan fingerprint density at radius 2 is 1.90 bits per heavy atom. The SMILES string of the molecule is CC(Cc1ccsc1)NS(=O)(=O)c1ccc(CCCl)cc1. The van der Waals surface area contributed by atoms with Crippen molar-refractivity contribution in [2.24, 2.45) is 0 Å². The number of nitrogens with one attached hydrogen (secondary N) is 1. The van der Waals surface area contributed by atoms with Crippen LogP contribution in [-0.2, 0) is 22.9 Å². The number of hydrogen-bond donors (Lipinski definition) is 1. The number of halogens is 1. The third-order valence-electron chi connectivity index (χ3n) is 3.10. The molecule has 0 fully saturated rings. The van der Waals surface area contributed by atoms with E-state index in [2.05, 4.69) is 4.72 Å². The van der Waals surface area contributed by atoms with Crippen molar-refractivity contribution in [1.82, 2.24) is 4.72 Å². The Bertz CT molecular complexity index is 651. The fourth-order valence-electron chi connectivity index (χ4n) is 2.08. The van der Waals surface area contributed by atoms with Gasteiger partial charge in [-0.3, -0.25) is 0 Å². The third kappa shape index (κ3) is 4.81. The van der Waals surface area contributed by atoms with Gasteiger partial charge in [-0.2, -0.15) is 11.3 Å². The van der Waals surface area contributed by atoms with E-state index in [9.17, 15) is 8.42 Å². The minimum absolute atomic E-state index is 0.146. The first-order chi connectivity index (χ1) is 10.0. The fraction of sp³-hybridized carbons (Fsp3) is 0.333. The predicted octanol–water partition coefficient (Wildman–Crippen LogP) is 3.44. The molecule has 1 aromatic carbocycles. The number of aryl methyl sites for hydroxylation is 1. The van der Waals surface area contributed by atoms with Crippen LogP contribution in [0.4, 0.5) is 0 Å². The van der Waals surface area contributed by atoms with Crippen molar-refractivity contribution < 1.29 is 8.42 Å². The second-order valence-electron chi connectivity index (χ2n) is 4.94. The van der Waals surface area contributed by atoms with Gasteiger partial charge in [0.25, 0.3) is 0 Å². The number of sulfonamides is 1. The maximum atomic E-state index is 12.3. The summed E-state index contributed by atoms with van der Waals surface area (Å²) in [5.74, 6) is 0.530. The second kappa shape index (κ2) is 7.40. The first-order valence-corrected chi connectivity index (χ1v) is 9.65. The molecule has 2 aromatic rings. The van der Waals surface area contributed by atoms with Crippen LogP contribution in [0.2, 0.25) is 0 Å². The summed E-state index contributed by atoms with van der Waals surface area (Å²) >= 11 is 7.29. The minimum Gasteiger partial charge on any atom is -0.208 e. The van der Waals surface area contributed by atoms with E-state index in [1.54, 1.807) is 35.6 Å². The van der Waals surface area contributed by atoms with E-state index in [4.69, 9.17) is 11.6 Å². The Morgan fingerprint density at radius 3 is 2.48 bits per heavy atom. The molecule has 0 aliphatic heterocycles. The van der Waals surface area contributed by atoms with Crippen molar-refractivity contribution in [3.05, 3.63) is 52.2 Å². The lowest BCUT2D eigenvalue weighted by atomic mass is 10.1. The van der Waals surface area contributed by atoms with Gasteiger partial charge in [0.15, 0.2) is 0 Å². The standard InChI is InChI=1S/C15H18ClNO2S2/c1-12(10-14-7-9-20-11-14)17-21(18,19)15-4-2-13(3-5-15)6-8-16/h2-5,7,9,11-12,17H,6,8,10H2,1H3. The van der Waals surface area contributed by atoms with Gasteiger partial charge in [0.1, 0.15) is 0 Å². The van der Waals surface area contributed by atoms with E-state index in [0.29, 0.717) is 12.3 Å². The molecular weight excluding hydrogens is 326 g/mol. The van der Waals surface area contributed by atoms with Crippen LogP contribution in [0.15, 0.2) is 46.0 Å². The van der Waals surface area contributed by atoms with Gasteiger partial charge in [-0.05, 0) is 59.9 Å². The number of rotatable bonds is 7. The normalized spacial score (nSPS) is 13.2. The lowest BCUT2D eigenvalue weighted by Gasteiger charge is -2.14. The summed E-state index contributed by atoms with van der Waals surface area (Å²) in [5, 5.41) is 4.03. The number of thiophene rings is 1. The van der Waals surface area contributed by atoms with Crippen LogP contribution in [0.1, 0.15) is 18.1 Å². The largest absolute Gasteiger partial charge is 0.240 e. The zero-order valence-corrected chi connectivity index (χ0v) is 14.1. The molecule has 3 nitrogen and oxygen atoms in total. The minimum atomic E-state index is -3.47. The lowest BCUT2D eigenvalue weighted by molar-refractivity contribution is 0.560. The highest BCUT2D eigenvalue weighted by Gasteiger charge is 2.17. The summed E-state index contributed by atoms with van der Waals surface area (Å²) in [5.41, 5.74) is 2.18.